The van der Waals surface area contributed by atoms with Crippen molar-refractivity contribution < 1.29 is 19.5 Å². The first-order valence-electron chi connectivity index (χ1n) is 6.46. The zero-order valence-electron chi connectivity index (χ0n) is 11.8. The van der Waals surface area contributed by atoms with Crippen LogP contribution in [0.15, 0.2) is 42.5 Å². The summed E-state index contributed by atoms with van der Waals surface area (Å²) in [5.41, 5.74) is 2.97. The van der Waals surface area contributed by atoms with Gasteiger partial charge in [0.25, 0.3) is 0 Å². The molecule has 0 amide bonds. The summed E-state index contributed by atoms with van der Waals surface area (Å²) in [6, 6.07) is 17.7. The molecule has 2 aromatic carbocycles. The first kappa shape index (κ1) is 14.9. The van der Waals surface area contributed by atoms with Gasteiger partial charge in [-0.3, -0.25) is 0 Å². The molecule has 1 aromatic heterocycles. The van der Waals surface area contributed by atoms with Gasteiger partial charge in [0.1, 0.15) is 0 Å². The quantitative estimate of drug-likeness (QED) is 0.491. The molecule has 2 nitrogen and oxygen atoms in total. The average Bonchev–Trinajstić information content (AvgIpc) is 2.87. The molecule has 0 aliphatic rings. The topological polar surface area (TPSA) is 27.0 Å². The Balaban J connectivity index is 0.00000147. The van der Waals surface area contributed by atoms with Crippen molar-refractivity contribution >= 4 is 10.8 Å². The van der Waals surface area contributed by atoms with Crippen molar-refractivity contribution in [1.29, 1.82) is 0 Å². The fraction of sp³-hybridized carbons (Fsp3) is 0.235. The largest absolute Gasteiger partial charge is 2.00 e. The molecular weight excluding hydrogens is 333 g/mol. The summed E-state index contributed by atoms with van der Waals surface area (Å²) < 4.78 is 0. The Labute approximate surface area is 132 Å². The van der Waals surface area contributed by atoms with Gasteiger partial charge in [0.2, 0.25) is 0 Å². The van der Waals surface area contributed by atoms with E-state index in [4.69, 9.17) is 0 Å². The van der Waals surface area contributed by atoms with Crippen molar-refractivity contribution in [1.82, 2.24) is 10.2 Å². The van der Waals surface area contributed by atoms with Crippen molar-refractivity contribution in [3.05, 3.63) is 54.2 Å². The van der Waals surface area contributed by atoms with Crippen LogP contribution in [0.2, 0.25) is 0 Å². The van der Waals surface area contributed by atoms with Crippen LogP contribution in [-0.4, -0.2) is 5.10 Å². The van der Waals surface area contributed by atoms with Crippen LogP contribution in [0.5, 0.6) is 0 Å². The van der Waals surface area contributed by atoms with Gasteiger partial charge < -0.3 is 10.2 Å². The van der Waals surface area contributed by atoms with E-state index in [1.54, 1.807) is 0 Å². The third-order valence-corrected chi connectivity index (χ3v) is 3.28. The van der Waals surface area contributed by atoms with Gasteiger partial charge in [-0.2, -0.15) is 5.56 Å². The van der Waals surface area contributed by atoms with Gasteiger partial charge in [-0.1, -0.05) is 51.1 Å². The predicted molar refractivity (Wildman–Crippen MR) is 78.0 cm³/mol. The monoisotopic (exact) mass is 350 g/mol. The minimum atomic E-state index is 0. The van der Waals surface area contributed by atoms with Crippen LogP contribution < -0.4 is 5.10 Å². The second kappa shape index (κ2) is 5.49. The number of fused-ring (bicyclic) bond motifs is 1. The molecule has 3 heteroatoms. The molecule has 0 radical (unpaired) electrons. The number of benzene rings is 2. The van der Waals surface area contributed by atoms with E-state index >= 15 is 0 Å². The Morgan fingerprint density at radius 3 is 2.55 bits per heavy atom. The number of aromatic nitrogens is 2. The van der Waals surface area contributed by atoms with Crippen LogP contribution >= 0.6 is 0 Å². The Bertz CT molecular complexity index is 718. The Hall–Kier alpha value is -1.47. The standard InChI is InChI=1S/C17H16N2.Ru/c1-17(2,3)16-11-15(18-19-16)14-10-6-8-12-7-4-5-9-13(12)14;/h4-9,11H,1-3H3;/q-2;+2. The van der Waals surface area contributed by atoms with E-state index in [0.717, 1.165) is 17.0 Å². The maximum Gasteiger partial charge on any atom is 2.00 e. The Morgan fingerprint density at radius 2 is 1.85 bits per heavy atom. The van der Waals surface area contributed by atoms with Gasteiger partial charge >= 0.3 is 19.5 Å². The third kappa shape index (κ3) is 2.69. The Morgan fingerprint density at radius 1 is 1.10 bits per heavy atom. The summed E-state index contributed by atoms with van der Waals surface area (Å²) >= 11 is 0. The normalized spacial score (nSPS) is 11.3. The second-order valence-corrected chi connectivity index (χ2v) is 5.80. The maximum atomic E-state index is 4.32. The summed E-state index contributed by atoms with van der Waals surface area (Å²) in [4.78, 5) is 0. The minimum Gasteiger partial charge on any atom is -0.619 e. The van der Waals surface area contributed by atoms with E-state index < -0.39 is 0 Å². The van der Waals surface area contributed by atoms with Gasteiger partial charge in [0.05, 0.1) is 0 Å². The SMILES string of the molecule is CC(C)(C)c1cc(-c2[c-]ccc3ccccc23)[n-]n1.[Ru+2]. The fourth-order valence-electron chi connectivity index (χ4n) is 2.16. The molecule has 0 saturated heterocycles. The predicted octanol–water partition coefficient (Wildman–Crippen LogP) is 3.95. The molecule has 3 aromatic rings. The van der Waals surface area contributed by atoms with Gasteiger partial charge in [-0.15, -0.1) is 29.0 Å². The van der Waals surface area contributed by atoms with E-state index in [1.165, 1.54) is 10.8 Å². The molecule has 0 atom stereocenters. The van der Waals surface area contributed by atoms with Crippen LogP contribution in [0, 0.1) is 6.07 Å². The van der Waals surface area contributed by atoms with Crippen LogP contribution in [0.4, 0.5) is 0 Å². The molecule has 0 saturated carbocycles. The summed E-state index contributed by atoms with van der Waals surface area (Å²) in [7, 11) is 0. The Kier molecular flexibility index (Phi) is 4.10. The first-order valence-corrected chi connectivity index (χ1v) is 6.46. The van der Waals surface area contributed by atoms with E-state index in [1.807, 2.05) is 18.2 Å². The van der Waals surface area contributed by atoms with Crippen LogP contribution in [0.3, 0.4) is 0 Å². The van der Waals surface area contributed by atoms with Crippen molar-refractivity contribution in [2.75, 3.05) is 0 Å². The maximum absolute atomic E-state index is 4.32. The van der Waals surface area contributed by atoms with Gasteiger partial charge in [-0.25, -0.2) is 5.69 Å². The number of hydrogen-bond acceptors (Lipinski definition) is 1. The number of rotatable bonds is 1. The molecule has 0 unspecified atom stereocenters. The van der Waals surface area contributed by atoms with E-state index in [9.17, 15) is 0 Å². The van der Waals surface area contributed by atoms with Gasteiger partial charge in [0, 0.05) is 11.1 Å². The van der Waals surface area contributed by atoms with E-state index in [2.05, 4.69) is 61.3 Å². The van der Waals surface area contributed by atoms with Crippen LogP contribution in [0.25, 0.3) is 22.0 Å². The van der Waals surface area contributed by atoms with Crippen molar-refractivity contribution in [3.63, 3.8) is 0 Å². The fourth-order valence-corrected chi connectivity index (χ4v) is 2.16. The number of nitrogens with zero attached hydrogens (tertiary/aromatic N) is 2. The third-order valence-electron chi connectivity index (χ3n) is 3.28. The molecule has 0 fully saturated rings. The summed E-state index contributed by atoms with van der Waals surface area (Å²) in [5, 5.41) is 11.0. The van der Waals surface area contributed by atoms with Crippen molar-refractivity contribution in [2.24, 2.45) is 0 Å². The molecule has 102 valence electrons. The summed E-state index contributed by atoms with van der Waals surface area (Å²) in [6.07, 6.45) is 0. The minimum absolute atomic E-state index is 0. The molecule has 0 aliphatic heterocycles. The molecule has 1 heterocycles. The van der Waals surface area contributed by atoms with Gasteiger partial charge in [0.15, 0.2) is 0 Å². The van der Waals surface area contributed by atoms with E-state index in [-0.39, 0.29) is 24.9 Å². The van der Waals surface area contributed by atoms with Crippen LogP contribution in [0.1, 0.15) is 26.5 Å². The van der Waals surface area contributed by atoms with Crippen molar-refractivity contribution in [3.8, 4) is 11.3 Å². The average molecular weight is 349 g/mol. The molecule has 0 aliphatic carbocycles. The molecular formula is C17H16N2Ru. The zero-order chi connectivity index (χ0) is 13.5. The van der Waals surface area contributed by atoms with Crippen LogP contribution in [-0.2, 0) is 24.9 Å². The molecule has 20 heavy (non-hydrogen) atoms. The summed E-state index contributed by atoms with van der Waals surface area (Å²) in [6.45, 7) is 6.44. The van der Waals surface area contributed by atoms with Gasteiger partial charge in [-0.05, 0) is 0 Å². The number of hydrogen-bond donors (Lipinski definition) is 0. The first-order chi connectivity index (χ1) is 9.05. The zero-order valence-corrected chi connectivity index (χ0v) is 13.5. The van der Waals surface area contributed by atoms with E-state index in [0.29, 0.717) is 0 Å². The second-order valence-electron chi connectivity index (χ2n) is 5.80. The molecule has 0 N–H and O–H groups in total. The smallest absolute Gasteiger partial charge is 0.619 e. The summed E-state index contributed by atoms with van der Waals surface area (Å²) in [5.74, 6) is 0. The van der Waals surface area contributed by atoms with Crippen molar-refractivity contribution in [2.45, 2.75) is 26.2 Å². The molecule has 3 rings (SSSR count). The molecule has 0 bridgehead atoms. The molecule has 0 spiro atoms.